The Hall–Kier alpha value is -0.650. The van der Waals surface area contributed by atoms with Crippen LogP contribution in [0.4, 0.5) is 0 Å². The van der Waals surface area contributed by atoms with E-state index in [0.29, 0.717) is 19.4 Å². The molecule has 0 aromatic rings. The average Bonchev–Trinajstić information content (AvgIpc) is 2.64. The van der Waals surface area contributed by atoms with Gasteiger partial charge in [0.1, 0.15) is 0 Å². The molecule has 0 bridgehead atoms. The van der Waals surface area contributed by atoms with Crippen molar-refractivity contribution in [2.75, 3.05) is 13.2 Å². The Morgan fingerprint density at radius 1 is 1.22 bits per heavy atom. The summed E-state index contributed by atoms with van der Waals surface area (Å²) < 4.78 is 0. The summed E-state index contributed by atoms with van der Waals surface area (Å²) >= 11 is 0. The lowest BCUT2D eigenvalue weighted by molar-refractivity contribution is -0.121. The van der Waals surface area contributed by atoms with Crippen molar-refractivity contribution in [3.05, 3.63) is 0 Å². The van der Waals surface area contributed by atoms with E-state index in [0.717, 1.165) is 19.3 Å². The highest BCUT2D eigenvalue weighted by Crippen LogP contribution is 2.31. The first kappa shape index (κ1) is 15.4. The molecule has 1 aliphatic rings. The summed E-state index contributed by atoms with van der Waals surface area (Å²) in [6.45, 7) is 2.34. The molecule has 1 saturated carbocycles. The minimum absolute atomic E-state index is 0.00223. The predicted octanol–water partition coefficient (Wildman–Crippen LogP) is 0.0331. The van der Waals surface area contributed by atoms with E-state index in [1.54, 1.807) is 0 Å². The van der Waals surface area contributed by atoms with Gasteiger partial charge in [0.2, 0.25) is 5.91 Å². The van der Waals surface area contributed by atoms with Gasteiger partial charge in [-0.05, 0) is 12.8 Å². The van der Waals surface area contributed by atoms with Crippen molar-refractivity contribution in [1.29, 1.82) is 0 Å². The highest BCUT2D eigenvalue weighted by atomic mass is 16.3. The summed E-state index contributed by atoms with van der Waals surface area (Å²) in [5, 5.41) is 31.2. The Kier molecular flexibility index (Phi) is 6.60. The van der Waals surface area contributed by atoms with E-state index in [4.69, 9.17) is 5.11 Å². The third-order valence-electron chi connectivity index (χ3n) is 3.72. The molecule has 4 N–H and O–H groups in total. The zero-order chi connectivity index (χ0) is 13.5. The van der Waals surface area contributed by atoms with Crippen molar-refractivity contribution in [1.82, 2.24) is 5.32 Å². The van der Waals surface area contributed by atoms with Gasteiger partial charge in [-0.15, -0.1) is 0 Å². The number of carbonyl (C=O) groups is 1. The van der Waals surface area contributed by atoms with Gasteiger partial charge in [0.25, 0.3) is 0 Å². The summed E-state index contributed by atoms with van der Waals surface area (Å²) in [7, 11) is 0. The smallest absolute Gasteiger partial charge is 0.220 e. The number of aliphatic hydroxyl groups excluding tert-OH is 3. The van der Waals surface area contributed by atoms with Crippen LogP contribution >= 0.6 is 0 Å². The van der Waals surface area contributed by atoms with Crippen LogP contribution in [0.25, 0.3) is 0 Å². The molecule has 1 amide bonds. The zero-order valence-corrected chi connectivity index (χ0v) is 11.0. The second-order valence-corrected chi connectivity index (χ2v) is 5.18. The second-order valence-electron chi connectivity index (χ2n) is 5.18. The first-order valence-electron chi connectivity index (χ1n) is 6.83. The molecular weight excluding hydrogens is 234 g/mol. The Morgan fingerprint density at radius 2 is 1.89 bits per heavy atom. The van der Waals surface area contributed by atoms with Gasteiger partial charge in [-0.25, -0.2) is 0 Å². The molecule has 0 aromatic carbocycles. The van der Waals surface area contributed by atoms with Crippen LogP contribution in [0.1, 0.15) is 39.0 Å². The minimum Gasteiger partial charge on any atom is -0.396 e. The van der Waals surface area contributed by atoms with E-state index < -0.39 is 12.2 Å². The summed E-state index contributed by atoms with van der Waals surface area (Å²) in [4.78, 5) is 11.5. The highest BCUT2D eigenvalue weighted by molar-refractivity contribution is 5.75. The number of aliphatic hydroxyl groups is 3. The van der Waals surface area contributed by atoms with Crippen LogP contribution < -0.4 is 5.32 Å². The monoisotopic (exact) mass is 259 g/mol. The van der Waals surface area contributed by atoms with Gasteiger partial charge < -0.3 is 20.6 Å². The van der Waals surface area contributed by atoms with Gasteiger partial charge in [-0.3, -0.25) is 4.79 Å². The van der Waals surface area contributed by atoms with Crippen molar-refractivity contribution in [2.45, 2.75) is 51.2 Å². The third kappa shape index (κ3) is 4.23. The van der Waals surface area contributed by atoms with E-state index in [2.05, 4.69) is 12.2 Å². The van der Waals surface area contributed by atoms with Gasteiger partial charge in [0, 0.05) is 31.4 Å². The third-order valence-corrected chi connectivity index (χ3v) is 3.72. The van der Waals surface area contributed by atoms with E-state index >= 15 is 0 Å². The van der Waals surface area contributed by atoms with Crippen LogP contribution in [0, 0.1) is 11.8 Å². The van der Waals surface area contributed by atoms with Crippen LogP contribution in [0.3, 0.4) is 0 Å². The maximum atomic E-state index is 11.5. The van der Waals surface area contributed by atoms with Crippen LogP contribution in [0.15, 0.2) is 0 Å². The van der Waals surface area contributed by atoms with Crippen LogP contribution in [-0.2, 0) is 4.79 Å². The molecule has 0 unspecified atom stereocenters. The van der Waals surface area contributed by atoms with Gasteiger partial charge in [0.05, 0.1) is 12.2 Å². The maximum absolute atomic E-state index is 11.5. The minimum atomic E-state index is -0.878. The number of hydrogen-bond donors (Lipinski definition) is 4. The predicted molar refractivity (Wildman–Crippen MR) is 67.8 cm³/mol. The van der Waals surface area contributed by atoms with Crippen LogP contribution in [0.2, 0.25) is 0 Å². The van der Waals surface area contributed by atoms with Crippen molar-refractivity contribution in [3.63, 3.8) is 0 Å². The Bertz CT molecular complexity index is 259. The van der Waals surface area contributed by atoms with Crippen molar-refractivity contribution in [3.8, 4) is 0 Å². The lowest BCUT2D eigenvalue weighted by atomic mass is 10.0. The largest absolute Gasteiger partial charge is 0.396 e. The quantitative estimate of drug-likeness (QED) is 0.486. The lowest BCUT2D eigenvalue weighted by Crippen LogP contribution is -2.35. The molecular formula is C13H25NO4. The summed E-state index contributed by atoms with van der Waals surface area (Å²) in [5.41, 5.74) is 0. The molecule has 0 saturated heterocycles. The fraction of sp³-hybridized carbons (Fsp3) is 0.923. The number of rotatable bonds is 7. The summed E-state index contributed by atoms with van der Waals surface area (Å²) in [5.74, 6) is -0.438. The lowest BCUT2D eigenvalue weighted by Gasteiger charge is -2.17. The second kappa shape index (κ2) is 7.71. The molecule has 0 heterocycles. The molecule has 1 rings (SSSR count). The molecule has 4 atom stereocenters. The maximum Gasteiger partial charge on any atom is 0.220 e. The molecule has 106 valence electrons. The standard InChI is InChI=1S/C13H25NO4/c1-2-3-4-5-11(16)14-7-9-6-10(8-15)13(18)12(9)17/h9-10,12-13,15,17-18H,2-8H2,1H3,(H,14,16)/t9-,10-,12-,13-/m1/s1. The molecule has 1 fully saturated rings. The topological polar surface area (TPSA) is 89.8 Å². The van der Waals surface area contributed by atoms with Crippen LogP contribution in [-0.4, -0.2) is 46.6 Å². The van der Waals surface area contributed by atoms with Gasteiger partial charge in [0.15, 0.2) is 0 Å². The van der Waals surface area contributed by atoms with Gasteiger partial charge in [-0.2, -0.15) is 0 Å². The normalized spacial score (nSPS) is 31.6. The zero-order valence-electron chi connectivity index (χ0n) is 11.0. The fourth-order valence-electron chi connectivity index (χ4n) is 2.48. The van der Waals surface area contributed by atoms with Gasteiger partial charge in [-0.1, -0.05) is 19.8 Å². The Morgan fingerprint density at radius 3 is 2.44 bits per heavy atom. The van der Waals surface area contributed by atoms with E-state index in [9.17, 15) is 15.0 Å². The SMILES string of the molecule is CCCCCC(=O)NC[C@H]1C[C@H](CO)[C@@H](O)[C@@H]1O. The molecule has 5 heteroatoms. The molecule has 1 aliphatic carbocycles. The first-order valence-corrected chi connectivity index (χ1v) is 6.83. The number of carbonyl (C=O) groups excluding carboxylic acids is 1. The van der Waals surface area contributed by atoms with E-state index in [-0.39, 0.29) is 24.3 Å². The number of amides is 1. The fourth-order valence-corrected chi connectivity index (χ4v) is 2.48. The van der Waals surface area contributed by atoms with E-state index in [1.807, 2.05) is 0 Å². The number of unbranched alkanes of at least 4 members (excludes halogenated alkanes) is 2. The highest BCUT2D eigenvalue weighted by Gasteiger charge is 2.40. The summed E-state index contributed by atoms with van der Waals surface area (Å²) in [6, 6.07) is 0. The van der Waals surface area contributed by atoms with Crippen LogP contribution in [0.5, 0.6) is 0 Å². The molecule has 0 radical (unpaired) electrons. The Balaban J connectivity index is 2.25. The average molecular weight is 259 g/mol. The van der Waals surface area contributed by atoms with Crippen molar-refractivity contribution >= 4 is 5.91 Å². The van der Waals surface area contributed by atoms with Crippen molar-refractivity contribution in [2.24, 2.45) is 11.8 Å². The molecule has 0 aromatic heterocycles. The molecule has 0 spiro atoms. The Labute approximate surface area is 108 Å². The summed E-state index contributed by atoms with van der Waals surface area (Å²) in [6.07, 6.45) is 2.35. The van der Waals surface area contributed by atoms with E-state index in [1.165, 1.54) is 0 Å². The number of nitrogens with one attached hydrogen (secondary N) is 1. The van der Waals surface area contributed by atoms with Crippen molar-refractivity contribution < 1.29 is 20.1 Å². The molecule has 5 nitrogen and oxygen atoms in total. The first-order chi connectivity index (χ1) is 8.60. The number of hydrogen-bond acceptors (Lipinski definition) is 4. The van der Waals surface area contributed by atoms with Gasteiger partial charge >= 0.3 is 0 Å². The molecule has 0 aliphatic heterocycles. The molecule has 18 heavy (non-hydrogen) atoms.